The number of aryl methyl sites for hydroxylation is 2. The van der Waals surface area contributed by atoms with E-state index in [1.54, 1.807) is 18.2 Å². The molecule has 0 aliphatic rings. The van der Waals surface area contributed by atoms with Gasteiger partial charge in [-0.1, -0.05) is 17.7 Å². The minimum absolute atomic E-state index is 0.101. The van der Waals surface area contributed by atoms with Crippen LogP contribution in [0.2, 0.25) is 5.02 Å². The summed E-state index contributed by atoms with van der Waals surface area (Å²) in [5.41, 5.74) is 2.49. The highest BCUT2D eigenvalue weighted by atomic mass is 35.5. The van der Waals surface area contributed by atoms with Crippen LogP contribution in [0.5, 0.6) is 11.6 Å². The summed E-state index contributed by atoms with van der Waals surface area (Å²) in [6.07, 6.45) is 0. The SMILES string of the molecule is Cc1cc(Cl)cc(C)c1Oc1cccc(CO)n1. The predicted molar refractivity (Wildman–Crippen MR) is 71.2 cm³/mol. The van der Waals surface area contributed by atoms with E-state index in [2.05, 4.69) is 4.98 Å². The van der Waals surface area contributed by atoms with Gasteiger partial charge in [0.25, 0.3) is 0 Å². The number of aliphatic hydroxyl groups is 1. The van der Waals surface area contributed by atoms with Gasteiger partial charge in [0.2, 0.25) is 5.88 Å². The van der Waals surface area contributed by atoms with E-state index < -0.39 is 0 Å². The lowest BCUT2D eigenvalue weighted by molar-refractivity contribution is 0.275. The summed E-state index contributed by atoms with van der Waals surface area (Å²) in [4.78, 5) is 4.19. The van der Waals surface area contributed by atoms with Crippen molar-refractivity contribution in [1.29, 1.82) is 0 Å². The quantitative estimate of drug-likeness (QED) is 0.919. The predicted octanol–water partition coefficient (Wildman–Crippen LogP) is 3.64. The zero-order chi connectivity index (χ0) is 13.1. The van der Waals surface area contributed by atoms with Crippen molar-refractivity contribution in [1.82, 2.24) is 4.98 Å². The summed E-state index contributed by atoms with van der Waals surface area (Å²) < 4.78 is 5.76. The molecule has 0 aliphatic heterocycles. The minimum Gasteiger partial charge on any atom is -0.438 e. The molecule has 18 heavy (non-hydrogen) atoms. The molecule has 94 valence electrons. The van der Waals surface area contributed by atoms with Crippen LogP contribution in [-0.4, -0.2) is 10.1 Å². The van der Waals surface area contributed by atoms with Gasteiger partial charge in [-0.2, -0.15) is 0 Å². The van der Waals surface area contributed by atoms with E-state index in [-0.39, 0.29) is 6.61 Å². The number of aliphatic hydroxyl groups excluding tert-OH is 1. The molecule has 3 nitrogen and oxygen atoms in total. The fraction of sp³-hybridized carbons (Fsp3) is 0.214. The summed E-state index contributed by atoms with van der Waals surface area (Å²) in [6.45, 7) is 3.77. The second-order valence-corrected chi connectivity index (χ2v) is 4.53. The van der Waals surface area contributed by atoms with Crippen LogP contribution in [0.1, 0.15) is 16.8 Å². The van der Waals surface area contributed by atoms with Crippen molar-refractivity contribution >= 4 is 11.6 Å². The van der Waals surface area contributed by atoms with Crippen molar-refractivity contribution < 1.29 is 9.84 Å². The first-order valence-electron chi connectivity index (χ1n) is 5.61. The molecular formula is C14H14ClNO2. The molecule has 2 aromatic rings. The van der Waals surface area contributed by atoms with Crippen LogP contribution < -0.4 is 4.74 Å². The van der Waals surface area contributed by atoms with Crippen molar-refractivity contribution in [2.45, 2.75) is 20.5 Å². The van der Waals surface area contributed by atoms with Gasteiger partial charge in [-0.3, -0.25) is 0 Å². The number of aromatic nitrogens is 1. The van der Waals surface area contributed by atoms with Crippen molar-refractivity contribution in [3.05, 3.63) is 52.2 Å². The Labute approximate surface area is 111 Å². The van der Waals surface area contributed by atoms with Gasteiger partial charge in [0.1, 0.15) is 5.75 Å². The average Bonchev–Trinajstić information content (AvgIpc) is 2.34. The molecule has 1 aromatic heterocycles. The van der Waals surface area contributed by atoms with E-state index in [1.807, 2.05) is 26.0 Å². The van der Waals surface area contributed by atoms with Crippen molar-refractivity contribution in [2.75, 3.05) is 0 Å². The van der Waals surface area contributed by atoms with E-state index >= 15 is 0 Å². The zero-order valence-electron chi connectivity index (χ0n) is 10.3. The highest BCUT2D eigenvalue weighted by Crippen LogP contribution is 2.30. The standard InChI is InChI=1S/C14H14ClNO2/c1-9-6-11(15)7-10(2)14(9)18-13-5-3-4-12(8-17)16-13/h3-7,17H,8H2,1-2H3. The third kappa shape index (κ3) is 2.81. The van der Waals surface area contributed by atoms with Gasteiger partial charge in [-0.05, 0) is 43.2 Å². The molecule has 0 unspecified atom stereocenters. The molecule has 4 heteroatoms. The van der Waals surface area contributed by atoms with Gasteiger partial charge in [-0.25, -0.2) is 4.98 Å². The molecule has 0 atom stereocenters. The Morgan fingerprint density at radius 2 is 1.89 bits per heavy atom. The van der Waals surface area contributed by atoms with Gasteiger partial charge in [-0.15, -0.1) is 0 Å². The summed E-state index contributed by atoms with van der Waals surface area (Å²) >= 11 is 5.97. The highest BCUT2D eigenvalue weighted by molar-refractivity contribution is 6.30. The lowest BCUT2D eigenvalue weighted by atomic mass is 10.1. The normalized spacial score (nSPS) is 10.4. The molecule has 0 aliphatic carbocycles. The average molecular weight is 264 g/mol. The van der Waals surface area contributed by atoms with Crippen molar-refractivity contribution in [3.8, 4) is 11.6 Å². The first-order valence-corrected chi connectivity index (χ1v) is 5.99. The van der Waals surface area contributed by atoms with Gasteiger partial charge in [0.05, 0.1) is 12.3 Å². The van der Waals surface area contributed by atoms with E-state index in [1.165, 1.54) is 0 Å². The molecule has 0 saturated heterocycles. The molecule has 1 aromatic carbocycles. The van der Waals surface area contributed by atoms with Gasteiger partial charge < -0.3 is 9.84 Å². The molecule has 0 amide bonds. The molecule has 1 heterocycles. The maximum atomic E-state index is 9.04. The van der Waals surface area contributed by atoms with E-state index in [0.717, 1.165) is 16.9 Å². The molecule has 0 bridgehead atoms. The fourth-order valence-corrected chi connectivity index (χ4v) is 2.09. The number of benzene rings is 1. The van der Waals surface area contributed by atoms with E-state index in [4.69, 9.17) is 21.4 Å². The van der Waals surface area contributed by atoms with Crippen LogP contribution in [0, 0.1) is 13.8 Å². The van der Waals surface area contributed by atoms with Crippen LogP contribution in [0.15, 0.2) is 30.3 Å². The molecule has 2 rings (SSSR count). The third-order valence-electron chi connectivity index (χ3n) is 2.57. The highest BCUT2D eigenvalue weighted by Gasteiger charge is 2.08. The zero-order valence-corrected chi connectivity index (χ0v) is 11.0. The van der Waals surface area contributed by atoms with Crippen LogP contribution in [0.4, 0.5) is 0 Å². The lowest BCUT2D eigenvalue weighted by Crippen LogP contribution is -1.96. The minimum atomic E-state index is -0.101. The Morgan fingerprint density at radius 3 is 2.50 bits per heavy atom. The summed E-state index contributed by atoms with van der Waals surface area (Å²) in [7, 11) is 0. The Morgan fingerprint density at radius 1 is 1.22 bits per heavy atom. The number of ether oxygens (including phenoxy) is 1. The number of halogens is 1. The van der Waals surface area contributed by atoms with Gasteiger partial charge >= 0.3 is 0 Å². The Balaban J connectivity index is 2.33. The summed E-state index contributed by atoms with van der Waals surface area (Å²) in [5.74, 6) is 1.22. The number of nitrogens with zero attached hydrogens (tertiary/aromatic N) is 1. The van der Waals surface area contributed by atoms with E-state index in [9.17, 15) is 0 Å². The fourth-order valence-electron chi connectivity index (χ4n) is 1.77. The number of hydrogen-bond donors (Lipinski definition) is 1. The second kappa shape index (κ2) is 5.38. The van der Waals surface area contributed by atoms with Crippen LogP contribution in [0.25, 0.3) is 0 Å². The Kier molecular flexibility index (Phi) is 3.84. The summed E-state index contributed by atoms with van der Waals surface area (Å²) in [6, 6.07) is 9.00. The number of pyridine rings is 1. The van der Waals surface area contributed by atoms with Gasteiger partial charge in [0, 0.05) is 11.1 Å². The topological polar surface area (TPSA) is 42.4 Å². The number of hydrogen-bond acceptors (Lipinski definition) is 3. The second-order valence-electron chi connectivity index (χ2n) is 4.10. The Bertz CT molecular complexity index is 546. The third-order valence-corrected chi connectivity index (χ3v) is 2.79. The molecule has 0 radical (unpaired) electrons. The van der Waals surface area contributed by atoms with Crippen LogP contribution >= 0.6 is 11.6 Å². The maximum absolute atomic E-state index is 9.04. The Hall–Kier alpha value is -1.58. The first-order chi connectivity index (χ1) is 8.60. The number of rotatable bonds is 3. The summed E-state index contributed by atoms with van der Waals surface area (Å²) in [5, 5.41) is 9.73. The molecular weight excluding hydrogens is 250 g/mol. The molecule has 0 saturated carbocycles. The lowest BCUT2D eigenvalue weighted by Gasteiger charge is -2.11. The molecule has 0 spiro atoms. The maximum Gasteiger partial charge on any atom is 0.219 e. The van der Waals surface area contributed by atoms with Crippen LogP contribution in [-0.2, 0) is 6.61 Å². The first kappa shape index (κ1) is 12.9. The van der Waals surface area contributed by atoms with Gasteiger partial charge in [0.15, 0.2) is 0 Å². The van der Waals surface area contributed by atoms with Crippen LogP contribution in [0.3, 0.4) is 0 Å². The molecule has 0 fully saturated rings. The largest absolute Gasteiger partial charge is 0.438 e. The monoisotopic (exact) mass is 263 g/mol. The van der Waals surface area contributed by atoms with Crippen molar-refractivity contribution in [2.24, 2.45) is 0 Å². The smallest absolute Gasteiger partial charge is 0.219 e. The van der Waals surface area contributed by atoms with E-state index in [0.29, 0.717) is 16.6 Å². The van der Waals surface area contributed by atoms with Crippen molar-refractivity contribution in [3.63, 3.8) is 0 Å². The molecule has 1 N–H and O–H groups in total.